The van der Waals surface area contributed by atoms with Crippen LogP contribution in [-0.2, 0) is 21.7 Å². The monoisotopic (exact) mass is 394 g/mol. The van der Waals surface area contributed by atoms with Crippen molar-refractivity contribution in [1.29, 1.82) is 0 Å². The molecular formula is C24H30SiTi. The predicted octanol–water partition coefficient (Wildman–Crippen LogP) is 7.58. The molecule has 2 radical (unpaired) electrons. The van der Waals surface area contributed by atoms with E-state index in [0.29, 0.717) is 0 Å². The Morgan fingerprint density at radius 3 is 1.35 bits per heavy atom. The van der Waals surface area contributed by atoms with Gasteiger partial charge in [-0.15, -0.1) is 59.3 Å². The Kier molecular flexibility index (Phi) is 16.3. The van der Waals surface area contributed by atoms with Crippen molar-refractivity contribution in [3.05, 3.63) is 99.8 Å². The Bertz CT molecular complexity index is 669. The van der Waals surface area contributed by atoms with E-state index >= 15 is 0 Å². The maximum atomic E-state index is 2.22. The van der Waals surface area contributed by atoms with Crippen molar-refractivity contribution >= 4 is 31.1 Å². The van der Waals surface area contributed by atoms with E-state index in [-0.39, 0.29) is 36.6 Å². The largest absolute Gasteiger partial charge is 4.00 e. The second kappa shape index (κ2) is 15.8. The molecule has 0 aliphatic heterocycles. The van der Waals surface area contributed by atoms with E-state index < -0.39 is 0 Å². The molecule has 0 aromatic heterocycles. The summed E-state index contributed by atoms with van der Waals surface area (Å²) in [6, 6.07) is 32.1. The maximum absolute atomic E-state index is 2.22. The van der Waals surface area contributed by atoms with E-state index in [9.17, 15) is 0 Å². The van der Waals surface area contributed by atoms with Crippen molar-refractivity contribution in [3.63, 3.8) is 0 Å². The summed E-state index contributed by atoms with van der Waals surface area (Å²) < 4.78 is 0. The molecule has 134 valence electrons. The van der Waals surface area contributed by atoms with Gasteiger partial charge in [0.1, 0.15) is 0 Å². The van der Waals surface area contributed by atoms with Crippen molar-refractivity contribution in [1.82, 2.24) is 0 Å². The number of fused-ring (bicyclic) bond motifs is 2. The first-order chi connectivity index (χ1) is 11.3. The minimum atomic E-state index is 0. The smallest absolute Gasteiger partial charge is 0.358 e. The van der Waals surface area contributed by atoms with Crippen LogP contribution >= 0.6 is 0 Å². The Hall–Kier alpha value is -1.41. The Balaban J connectivity index is 0. The van der Waals surface area contributed by atoms with E-state index in [1.807, 2.05) is 0 Å². The zero-order valence-corrected chi connectivity index (χ0v) is 19.1. The predicted molar refractivity (Wildman–Crippen MR) is 119 cm³/mol. The standard InChI is InChI=1S/2C9H7.C4H10Si.2CH3.Ti/c2*1-2-5-9-7-3-6-8(9)4-1;1-3-5-4-2;;;/h2*1-7H;3-4H2,1-2H3;2*1H3;/q2*-1;;2*-1;+4. The molecule has 0 bridgehead atoms. The molecule has 0 spiro atoms. The van der Waals surface area contributed by atoms with E-state index in [1.165, 1.54) is 43.2 Å². The third kappa shape index (κ3) is 8.80. The SMILES string of the molecule is CC[Si]CC.[CH3-].[CH3-].[Ti+4].c1ccc2[cH-]ccc2c1.c1ccc2[cH-]ccc2c1. The quantitative estimate of drug-likeness (QED) is 0.243. The van der Waals surface area contributed by atoms with Crippen LogP contribution in [0.2, 0.25) is 12.1 Å². The second-order valence-corrected chi connectivity index (χ2v) is 7.18. The Morgan fingerprint density at radius 2 is 1.04 bits per heavy atom. The molecule has 2 heteroatoms. The van der Waals surface area contributed by atoms with Crippen LogP contribution in [0.15, 0.2) is 84.9 Å². The third-order valence-electron chi connectivity index (χ3n) is 3.60. The van der Waals surface area contributed by atoms with E-state index in [2.05, 4.69) is 98.8 Å². The summed E-state index contributed by atoms with van der Waals surface area (Å²) in [6.07, 6.45) is 0. The summed E-state index contributed by atoms with van der Waals surface area (Å²) in [7, 11) is 1.20. The molecule has 4 rings (SSSR count). The molecule has 0 saturated carbocycles. The van der Waals surface area contributed by atoms with Crippen LogP contribution in [0.25, 0.3) is 21.5 Å². The summed E-state index contributed by atoms with van der Waals surface area (Å²) in [5.74, 6) is 0. The maximum Gasteiger partial charge on any atom is 4.00 e. The van der Waals surface area contributed by atoms with Gasteiger partial charge in [0.15, 0.2) is 0 Å². The minimum Gasteiger partial charge on any atom is -0.358 e. The molecule has 0 N–H and O–H groups in total. The van der Waals surface area contributed by atoms with Crippen LogP contribution in [0, 0.1) is 14.9 Å². The minimum absolute atomic E-state index is 0. The van der Waals surface area contributed by atoms with E-state index in [0.717, 1.165) is 0 Å². The van der Waals surface area contributed by atoms with Crippen LogP contribution < -0.4 is 0 Å². The van der Waals surface area contributed by atoms with Crippen molar-refractivity contribution in [2.24, 2.45) is 0 Å². The van der Waals surface area contributed by atoms with E-state index in [4.69, 9.17) is 0 Å². The van der Waals surface area contributed by atoms with Crippen LogP contribution in [0.1, 0.15) is 13.8 Å². The molecule has 0 heterocycles. The van der Waals surface area contributed by atoms with Gasteiger partial charge in [-0.3, -0.25) is 0 Å². The van der Waals surface area contributed by atoms with Crippen molar-refractivity contribution in [3.8, 4) is 0 Å². The first kappa shape index (κ1) is 26.8. The molecule has 0 aliphatic rings. The zero-order valence-electron chi connectivity index (χ0n) is 16.5. The Labute approximate surface area is 178 Å². The number of benzene rings is 2. The molecule has 0 amide bonds. The summed E-state index contributed by atoms with van der Waals surface area (Å²) in [5, 5.41) is 5.32. The zero-order chi connectivity index (χ0) is 16.3. The van der Waals surface area contributed by atoms with Crippen LogP contribution in [0.4, 0.5) is 0 Å². The van der Waals surface area contributed by atoms with Crippen molar-refractivity contribution in [2.75, 3.05) is 0 Å². The first-order valence-corrected chi connectivity index (χ1v) is 9.68. The third-order valence-corrected chi connectivity index (χ3v) is 4.60. The number of hydrogen-bond acceptors (Lipinski definition) is 0. The molecule has 0 fully saturated rings. The molecule has 0 unspecified atom stereocenters. The van der Waals surface area contributed by atoms with Gasteiger partial charge in [0.2, 0.25) is 0 Å². The summed E-state index contributed by atoms with van der Waals surface area (Å²) in [4.78, 5) is 0. The molecule has 0 aliphatic carbocycles. The normalized spacial score (nSPS) is 8.69. The van der Waals surface area contributed by atoms with Crippen LogP contribution in [-0.4, -0.2) is 9.52 Å². The van der Waals surface area contributed by atoms with Gasteiger partial charge >= 0.3 is 21.7 Å². The van der Waals surface area contributed by atoms with Gasteiger partial charge in [0.05, 0.1) is 0 Å². The molecule has 26 heavy (non-hydrogen) atoms. The van der Waals surface area contributed by atoms with Crippen LogP contribution in [0.5, 0.6) is 0 Å². The van der Waals surface area contributed by atoms with Gasteiger partial charge in [-0.25, -0.2) is 0 Å². The molecule has 0 atom stereocenters. The van der Waals surface area contributed by atoms with Crippen molar-refractivity contribution < 1.29 is 21.7 Å². The van der Waals surface area contributed by atoms with E-state index in [1.54, 1.807) is 0 Å². The average Bonchev–Trinajstić information content (AvgIpc) is 3.26. The van der Waals surface area contributed by atoms with Crippen LogP contribution in [0.3, 0.4) is 0 Å². The fourth-order valence-electron chi connectivity index (χ4n) is 2.39. The molecule has 4 aromatic carbocycles. The molecule has 0 nitrogen and oxygen atoms in total. The second-order valence-electron chi connectivity index (χ2n) is 5.27. The topological polar surface area (TPSA) is 0 Å². The fourth-order valence-corrected chi connectivity index (χ4v) is 2.89. The van der Waals surface area contributed by atoms with Gasteiger partial charge in [-0.1, -0.05) is 38.1 Å². The average molecular weight is 394 g/mol. The number of hydrogen-bond donors (Lipinski definition) is 0. The summed E-state index contributed by atoms with van der Waals surface area (Å²) in [6.45, 7) is 4.45. The molecular weight excluding hydrogens is 364 g/mol. The first-order valence-electron chi connectivity index (χ1n) is 8.26. The summed E-state index contributed by atoms with van der Waals surface area (Å²) >= 11 is 0. The fraction of sp³-hybridized carbons (Fsp3) is 0.167. The van der Waals surface area contributed by atoms with Crippen molar-refractivity contribution in [2.45, 2.75) is 25.9 Å². The van der Waals surface area contributed by atoms with Gasteiger partial charge in [-0.05, 0) is 0 Å². The van der Waals surface area contributed by atoms with Gasteiger partial charge in [0, 0.05) is 9.52 Å². The van der Waals surface area contributed by atoms with Gasteiger partial charge in [-0.2, -0.15) is 35.0 Å². The molecule has 0 saturated heterocycles. The van der Waals surface area contributed by atoms with Gasteiger partial charge < -0.3 is 14.9 Å². The number of rotatable bonds is 2. The Morgan fingerprint density at radius 1 is 0.654 bits per heavy atom. The molecule has 4 aromatic rings. The van der Waals surface area contributed by atoms with Gasteiger partial charge in [0.25, 0.3) is 0 Å². The summed E-state index contributed by atoms with van der Waals surface area (Å²) in [5.41, 5.74) is 0.